The molecule has 1 atom stereocenters. The van der Waals surface area contributed by atoms with E-state index in [1.54, 1.807) is 6.92 Å². The van der Waals surface area contributed by atoms with Crippen LogP contribution in [0, 0.1) is 5.92 Å². The Bertz CT molecular complexity index is 412. The molecule has 0 aliphatic heterocycles. The summed E-state index contributed by atoms with van der Waals surface area (Å²) in [5, 5.41) is 0. The minimum absolute atomic E-state index is 0.0150. The smallest absolute Gasteiger partial charge is 0.316 e. The van der Waals surface area contributed by atoms with Gasteiger partial charge in [0, 0.05) is 6.42 Å². The van der Waals surface area contributed by atoms with Gasteiger partial charge in [0.2, 0.25) is 0 Å². The second kappa shape index (κ2) is 9.29. The number of esters is 1. The number of Topliss-reactive ketones (excluding diaryl/α,β-unsaturated/α-hetero) is 1. The fraction of sp³-hybridized carbons (Fsp3) is 0.529. The van der Waals surface area contributed by atoms with Crippen molar-refractivity contribution in [2.75, 3.05) is 6.61 Å². The normalized spacial score (nSPS) is 11.9. The van der Waals surface area contributed by atoms with Gasteiger partial charge >= 0.3 is 5.97 Å². The van der Waals surface area contributed by atoms with Crippen molar-refractivity contribution >= 4 is 11.8 Å². The average molecular weight is 276 g/mol. The highest BCUT2D eigenvalue weighted by atomic mass is 16.5. The van der Waals surface area contributed by atoms with Crippen LogP contribution in [0.4, 0.5) is 0 Å². The molecule has 0 saturated carbocycles. The minimum Gasteiger partial charge on any atom is -0.465 e. The number of benzene rings is 1. The molecule has 0 N–H and O–H groups in total. The number of rotatable bonds is 9. The lowest BCUT2D eigenvalue weighted by molar-refractivity contribution is -0.151. The standard InChI is InChI=1S/C17H24O3/c1-3-5-11-16(18)15(17(19)20-4-2)13-12-14-9-7-6-8-10-14/h6-10,15H,3-5,11-13H2,1-2H3. The predicted octanol–water partition coefficient (Wildman–Crippen LogP) is 3.56. The van der Waals surface area contributed by atoms with Crippen LogP contribution >= 0.6 is 0 Å². The molecule has 0 amide bonds. The van der Waals surface area contributed by atoms with Crippen LogP contribution in [0.25, 0.3) is 0 Å². The predicted molar refractivity (Wildman–Crippen MR) is 79.4 cm³/mol. The van der Waals surface area contributed by atoms with Gasteiger partial charge < -0.3 is 4.74 Å². The third-order valence-electron chi connectivity index (χ3n) is 3.30. The van der Waals surface area contributed by atoms with Crippen LogP contribution in [0.2, 0.25) is 0 Å². The maximum absolute atomic E-state index is 12.1. The molecule has 0 bridgehead atoms. The first kappa shape index (κ1) is 16.4. The summed E-state index contributed by atoms with van der Waals surface area (Å²) in [5.41, 5.74) is 1.14. The Morgan fingerprint density at radius 3 is 2.45 bits per heavy atom. The van der Waals surface area contributed by atoms with Gasteiger partial charge in [-0.25, -0.2) is 0 Å². The Hall–Kier alpha value is -1.64. The summed E-state index contributed by atoms with van der Waals surface area (Å²) in [6.07, 6.45) is 3.52. The molecule has 0 spiro atoms. The Morgan fingerprint density at radius 2 is 1.85 bits per heavy atom. The zero-order chi connectivity index (χ0) is 14.8. The molecule has 3 heteroatoms. The van der Waals surface area contributed by atoms with Crippen molar-refractivity contribution in [2.45, 2.75) is 46.0 Å². The molecule has 0 aromatic heterocycles. The van der Waals surface area contributed by atoms with Crippen molar-refractivity contribution in [3.63, 3.8) is 0 Å². The summed E-state index contributed by atoms with van der Waals surface area (Å²) >= 11 is 0. The van der Waals surface area contributed by atoms with Gasteiger partial charge in [0.15, 0.2) is 0 Å². The molecule has 3 nitrogen and oxygen atoms in total. The number of carbonyl (C=O) groups excluding carboxylic acids is 2. The van der Waals surface area contributed by atoms with Gasteiger partial charge in [-0.2, -0.15) is 0 Å². The molecule has 1 aromatic carbocycles. The Balaban J connectivity index is 2.62. The lowest BCUT2D eigenvalue weighted by Crippen LogP contribution is -2.26. The lowest BCUT2D eigenvalue weighted by atomic mass is 9.93. The van der Waals surface area contributed by atoms with Gasteiger partial charge in [0.25, 0.3) is 0 Å². The van der Waals surface area contributed by atoms with Gasteiger partial charge in [-0.15, -0.1) is 0 Å². The number of unbranched alkanes of at least 4 members (excludes halogenated alkanes) is 1. The van der Waals surface area contributed by atoms with Crippen molar-refractivity contribution in [3.05, 3.63) is 35.9 Å². The van der Waals surface area contributed by atoms with Crippen LogP contribution in [0.1, 0.15) is 45.1 Å². The topological polar surface area (TPSA) is 43.4 Å². The lowest BCUT2D eigenvalue weighted by Gasteiger charge is -2.14. The van der Waals surface area contributed by atoms with E-state index in [0.29, 0.717) is 19.4 Å². The zero-order valence-electron chi connectivity index (χ0n) is 12.4. The molecular weight excluding hydrogens is 252 g/mol. The Labute approximate surface area is 121 Å². The molecule has 20 heavy (non-hydrogen) atoms. The molecule has 1 aromatic rings. The van der Waals surface area contributed by atoms with E-state index in [-0.39, 0.29) is 11.8 Å². The highest BCUT2D eigenvalue weighted by molar-refractivity contribution is 5.98. The maximum atomic E-state index is 12.1. The van der Waals surface area contributed by atoms with E-state index < -0.39 is 5.92 Å². The van der Waals surface area contributed by atoms with Gasteiger partial charge in [0.05, 0.1) is 6.61 Å². The van der Waals surface area contributed by atoms with E-state index in [1.807, 2.05) is 37.3 Å². The molecule has 0 radical (unpaired) electrons. The first-order chi connectivity index (χ1) is 9.69. The van der Waals surface area contributed by atoms with Crippen molar-refractivity contribution in [1.82, 2.24) is 0 Å². The van der Waals surface area contributed by atoms with Gasteiger partial charge in [-0.3, -0.25) is 9.59 Å². The fourth-order valence-corrected chi connectivity index (χ4v) is 2.13. The van der Waals surface area contributed by atoms with Crippen LogP contribution < -0.4 is 0 Å². The van der Waals surface area contributed by atoms with E-state index in [9.17, 15) is 9.59 Å². The summed E-state index contributed by atoms with van der Waals surface area (Å²) < 4.78 is 5.03. The molecule has 0 aliphatic rings. The van der Waals surface area contributed by atoms with E-state index in [0.717, 1.165) is 24.8 Å². The molecule has 0 heterocycles. The van der Waals surface area contributed by atoms with E-state index >= 15 is 0 Å². The second-order valence-corrected chi connectivity index (χ2v) is 4.90. The van der Waals surface area contributed by atoms with Gasteiger partial charge in [-0.1, -0.05) is 43.7 Å². The number of ketones is 1. The third kappa shape index (κ3) is 5.55. The van der Waals surface area contributed by atoms with Crippen molar-refractivity contribution < 1.29 is 14.3 Å². The van der Waals surface area contributed by atoms with Crippen molar-refractivity contribution in [1.29, 1.82) is 0 Å². The molecule has 0 aliphatic carbocycles. The number of hydrogen-bond acceptors (Lipinski definition) is 3. The highest BCUT2D eigenvalue weighted by Gasteiger charge is 2.26. The van der Waals surface area contributed by atoms with Crippen LogP contribution in [0.3, 0.4) is 0 Å². The van der Waals surface area contributed by atoms with E-state index in [1.165, 1.54) is 0 Å². The van der Waals surface area contributed by atoms with E-state index in [2.05, 4.69) is 0 Å². The monoisotopic (exact) mass is 276 g/mol. The SMILES string of the molecule is CCCCC(=O)C(CCc1ccccc1)C(=O)OCC. The largest absolute Gasteiger partial charge is 0.465 e. The quantitative estimate of drug-likeness (QED) is 0.511. The molecule has 110 valence electrons. The minimum atomic E-state index is -0.610. The summed E-state index contributed by atoms with van der Waals surface area (Å²) in [4.78, 5) is 24.1. The highest BCUT2D eigenvalue weighted by Crippen LogP contribution is 2.16. The van der Waals surface area contributed by atoms with Crippen molar-refractivity contribution in [2.24, 2.45) is 5.92 Å². The number of ether oxygens (including phenoxy) is 1. The Kier molecular flexibility index (Phi) is 7.63. The average Bonchev–Trinajstić information content (AvgIpc) is 2.46. The first-order valence-corrected chi connectivity index (χ1v) is 7.42. The van der Waals surface area contributed by atoms with Gasteiger partial charge in [-0.05, 0) is 31.7 Å². The summed E-state index contributed by atoms with van der Waals surface area (Å²) in [5.74, 6) is -0.965. The molecule has 1 unspecified atom stereocenters. The van der Waals surface area contributed by atoms with Crippen molar-refractivity contribution in [3.8, 4) is 0 Å². The molecule has 1 rings (SSSR count). The Morgan fingerprint density at radius 1 is 1.15 bits per heavy atom. The fourth-order valence-electron chi connectivity index (χ4n) is 2.13. The van der Waals surface area contributed by atoms with Crippen LogP contribution in [0.15, 0.2) is 30.3 Å². The molecule has 0 saturated heterocycles. The zero-order valence-corrected chi connectivity index (χ0v) is 12.4. The number of carbonyl (C=O) groups is 2. The summed E-state index contributed by atoms with van der Waals surface area (Å²) in [6, 6.07) is 9.91. The van der Waals surface area contributed by atoms with E-state index in [4.69, 9.17) is 4.74 Å². The first-order valence-electron chi connectivity index (χ1n) is 7.42. The molecular formula is C17H24O3. The molecule has 0 fully saturated rings. The van der Waals surface area contributed by atoms with Crippen LogP contribution in [-0.4, -0.2) is 18.4 Å². The summed E-state index contributed by atoms with van der Waals surface area (Å²) in [6.45, 7) is 4.13. The van der Waals surface area contributed by atoms with Crippen LogP contribution in [0.5, 0.6) is 0 Å². The number of aryl methyl sites for hydroxylation is 1. The third-order valence-corrected chi connectivity index (χ3v) is 3.30. The number of hydrogen-bond donors (Lipinski definition) is 0. The van der Waals surface area contributed by atoms with Gasteiger partial charge in [0.1, 0.15) is 11.7 Å². The second-order valence-electron chi connectivity index (χ2n) is 4.90. The maximum Gasteiger partial charge on any atom is 0.316 e. The summed E-state index contributed by atoms with van der Waals surface area (Å²) in [7, 11) is 0. The van der Waals surface area contributed by atoms with Crippen LogP contribution in [-0.2, 0) is 20.7 Å².